The molecule has 0 fully saturated rings. The Morgan fingerprint density at radius 3 is 2.64 bits per heavy atom. The van der Waals surface area contributed by atoms with Crippen LogP contribution in [-0.2, 0) is 14.3 Å². The van der Waals surface area contributed by atoms with Crippen molar-refractivity contribution in [3.05, 3.63) is 0 Å². The van der Waals surface area contributed by atoms with E-state index in [-0.39, 0.29) is 18.7 Å². The molecule has 0 spiro atoms. The third-order valence-corrected chi connectivity index (χ3v) is 0.849. The molecule has 0 amide bonds. The topological polar surface area (TPSA) is 61.5 Å². The molecular weight excluding hydrogens is 146 g/mol. The number of hydrogen-bond donors (Lipinski definition) is 1. The Morgan fingerprint density at radius 2 is 2.18 bits per heavy atom. The molecule has 0 atom stereocenters. The molecule has 4 heteroatoms. The molecule has 2 N–H and O–H groups in total. The van der Waals surface area contributed by atoms with Gasteiger partial charge in [-0.05, 0) is 13.8 Å². The van der Waals surface area contributed by atoms with E-state index in [1.807, 2.05) is 0 Å². The second-order valence-corrected chi connectivity index (χ2v) is 2.38. The predicted molar refractivity (Wildman–Crippen MR) is 41.1 cm³/mol. The van der Waals surface area contributed by atoms with E-state index in [1.165, 1.54) is 0 Å². The highest BCUT2D eigenvalue weighted by Crippen LogP contribution is 1.88. The van der Waals surface area contributed by atoms with E-state index < -0.39 is 0 Å². The quantitative estimate of drug-likeness (QED) is 0.452. The van der Waals surface area contributed by atoms with E-state index in [4.69, 9.17) is 15.2 Å². The summed E-state index contributed by atoms with van der Waals surface area (Å²) >= 11 is 0. The fourth-order valence-corrected chi connectivity index (χ4v) is 0.536. The summed E-state index contributed by atoms with van der Waals surface area (Å²) in [4.78, 5) is 10.7. The van der Waals surface area contributed by atoms with Crippen LogP contribution in [0.5, 0.6) is 0 Å². The number of carbonyl (C=O) groups is 1. The van der Waals surface area contributed by atoms with Gasteiger partial charge in [0, 0.05) is 6.54 Å². The summed E-state index contributed by atoms with van der Waals surface area (Å²) in [5.74, 6) is -0.339. The Kier molecular flexibility index (Phi) is 5.78. The van der Waals surface area contributed by atoms with Gasteiger partial charge < -0.3 is 15.2 Å². The first kappa shape index (κ1) is 10.4. The fraction of sp³-hybridized carbons (Fsp3) is 0.857. The largest absolute Gasteiger partial charge is 0.461 e. The van der Waals surface area contributed by atoms with Gasteiger partial charge >= 0.3 is 5.97 Å². The molecule has 0 aromatic carbocycles. The number of hydrogen-bond acceptors (Lipinski definition) is 4. The fourth-order valence-electron chi connectivity index (χ4n) is 0.536. The second kappa shape index (κ2) is 6.12. The molecular formula is C7H15NO3. The van der Waals surface area contributed by atoms with Crippen LogP contribution in [0.4, 0.5) is 0 Å². The van der Waals surface area contributed by atoms with Crippen LogP contribution in [0.1, 0.15) is 13.8 Å². The summed E-state index contributed by atoms with van der Waals surface area (Å²) in [6, 6.07) is 0. The molecule has 0 aliphatic heterocycles. The van der Waals surface area contributed by atoms with Gasteiger partial charge in [0.1, 0.15) is 6.61 Å². The third kappa shape index (κ3) is 7.29. The van der Waals surface area contributed by atoms with Crippen LogP contribution in [0, 0.1) is 0 Å². The maximum absolute atomic E-state index is 10.7. The Morgan fingerprint density at radius 1 is 1.55 bits per heavy atom. The average molecular weight is 161 g/mol. The van der Waals surface area contributed by atoms with Gasteiger partial charge in [-0.1, -0.05) is 0 Å². The van der Waals surface area contributed by atoms with Gasteiger partial charge in [0.2, 0.25) is 0 Å². The molecule has 0 bridgehead atoms. The summed E-state index contributed by atoms with van der Waals surface area (Å²) in [6.45, 7) is 4.40. The van der Waals surface area contributed by atoms with Crippen molar-refractivity contribution in [2.75, 3.05) is 19.8 Å². The van der Waals surface area contributed by atoms with Gasteiger partial charge in [-0.15, -0.1) is 0 Å². The molecule has 66 valence electrons. The second-order valence-electron chi connectivity index (χ2n) is 2.38. The number of rotatable bonds is 5. The first-order valence-corrected chi connectivity index (χ1v) is 3.64. The molecule has 0 aromatic heterocycles. The normalized spacial score (nSPS) is 10.2. The van der Waals surface area contributed by atoms with Crippen molar-refractivity contribution in [3.8, 4) is 0 Å². The molecule has 0 aliphatic rings. The van der Waals surface area contributed by atoms with Crippen molar-refractivity contribution < 1.29 is 14.3 Å². The Bertz CT molecular complexity index is 114. The monoisotopic (exact) mass is 161 g/mol. The minimum atomic E-state index is -0.339. The predicted octanol–water partition coefficient (Wildman–Crippen LogP) is -0.0867. The maximum Gasteiger partial charge on any atom is 0.332 e. The van der Waals surface area contributed by atoms with Crippen molar-refractivity contribution >= 4 is 5.97 Å². The summed E-state index contributed by atoms with van der Waals surface area (Å²) in [6.07, 6.45) is -0.0797. The third-order valence-electron chi connectivity index (χ3n) is 0.849. The smallest absolute Gasteiger partial charge is 0.332 e. The highest BCUT2D eigenvalue weighted by atomic mass is 16.6. The first-order chi connectivity index (χ1) is 5.16. The van der Waals surface area contributed by atoms with Crippen LogP contribution in [0.3, 0.4) is 0 Å². The minimum Gasteiger partial charge on any atom is -0.461 e. The van der Waals surface area contributed by atoms with Gasteiger partial charge in [0.15, 0.2) is 0 Å². The van der Waals surface area contributed by atoms with Crippen LogP contribution in [-0.4, -0.2) is 31.8 Å². The Hall–Kier alpha value is -0.610. The molecule has 0 saturated heterocycles. The summed E-state index contributed by atoms with van der Waals surface area (Å²) in [5, 5.41) is 0. The lowest BCUT2D eigenvalue weighted by molar-refractivity contribution is -0.152. The molecule has 0 heterocycles. The van der Waals surface area contributed by atoms with Crippen LogP contribution in [0.15, 0.2) is 0 Å². The lowest BCUT2D eigenvalue weighted by Crippen LogP contribution is -2.19. The molecule has 4 nitrogen and oxygen atoms in total. The zero-order chi connectivity index (χ0) is 8.69. The van der Waals surface area contributed by atoms with Crippen molar-refractivity contribution in [3.63, 3.8) is 0 Å². The van der Waals surface area contributed by atoms with Gasteiger partial charge in [-0.3, -0.25) is 0 Å². The zero-order valence-electron chi connectivity index (χ0n) is 7.00. The number of carbonyl (C=O) groups excluding carboxylic acids is 1. The highest BCUT2D eigenvalue weighted by Gasteiger charge is 2.03. The number of esters is 1. The van der Waals surface area contributed by atoms with Crippen LogP contribution >= 0.6 is 0 Å². The van der Waals surface area contributed by atoms with E-state index >= 15 is 0 Å². The van der Waals surface area contributed by atoms with Crippen LogP contribution in [0.2, 0.25) is 0 Å². The lowest BCUT2D eigenvalue weighted by atomic mass is 10.5. The van der Waals surface area contributed by atoms with Crippen LogP contribution < -0.4 is 5.73 Å². The molecule has 0 aliphatic carbocycles. The number of nitrogens with two attached hydrogens (primary N) is 1. The molecule has 0 aromatic rings. The summed E-state index contributed by atoms with van der Waals surface area (Å²) < 4.78 is 9.64. The lowest BCUT2D eigenvalue weighted by Gasteiger charge is -2.07. The molecule has 0 saturated carbocycles. The van der Waals surface area contributed by atoms with E-state index in [0.29, 0.717) is 13.2 Å². The van der Waals surface area contributed by atoms with E-state index in [0.717, 1.165) is 0 Å². The first-order valence-electron chi connectivity index (χ1n) is 3.64. The number of ether oxygens (including phenoxy) is 2. The van der Waals surface area contributed by atoms with Crippen molar-refractivity contribution in [1.82, 2.24) is 0 Å². The van der Waals surface area contributed by atoms with E-state index in [2.05, 4.69) is 0 Å². The van der Waals surface area contributed by atoms with Crippen molar-refractivity contribution in [1.29, 1.82) is 0 Å². The van der Waals surface area contributed by atoms with Gasteiger partial charge in [-0.2, -0.15) is 0 Å². The SMILES string of the molecule is CC(C)OC(=O)COCCN. The molecule has 0 rings (SSSR count). The molecule has 11 heavy (non-hydrogen) atoms. The molecule has 0 unspecified atom stereocenters. The van der Waals surface area contributed by atoms with Crippen molar-refractivity contribution in [2.24, 2.45) is 5.73 Å². The highest BCUT2D eigenvalue weighted by molar-refractivity contribution is 5.70. The van der Waals surface area contributed by atoms with Gasteiger partial charge in [-0.25, -0.2) is 4.79 Å². The van der Waals surface area contributed by atoms with Crippen LogP contribution in [0.25, 0.3) is 0 Å². The van der Waals surface area contributed by atoms with Crippen molar-refractivity contribution in [2.45, 2.75) is 20.0 Å². The average Bonchev–Trinajstić information content (AvgIpc) is 1.86. The standard InChI is InChI=1S/C7H15NO3/c1-6(2)11-7(9)5-10-4-3-8/h6H,3-5,8H2,1-2H3. The summed E-state index contributed by atoms with van der Waals surface area (Å²) in [7, 11) is 0. The Balaban J connectivity index is 3.23. The molecule has 0 radical (unpaired) electrons. The zero-order valence-corrected chi connectivity index (χ0v) is 7.00. The van der Waals surface area contributed by atoms with E-state index in [1.54, 1.807) is 13.8 Å². The maximum atomic E-state index is 10.7. The Labute approximate surface area is 66.7 Å². The van der Waals surface area contributed by atoms with Gasteiger partial charge in [0.05, 0.1) is 12.7 Å². The van der Waals surface area contributed by atoms with E-state index in [9.17, 15) is 4.79 Å². The minimum absolute atomic E-state index is 0.00458. The van der Waals surface area contributed by atoms with Gasteiger partial charge in [0.25, 0.3) is 0 Å². The summed E-state index contributed by atoms with van der Waals surface area (Å²) in [5.41, 5.74) is 5.14.